The highest BCUT2D eigenvalue weighted by molar-refractivity contribution is 6.27. The average molecular weight is 448 g/mol. The molecule has 0 heterocycles. The summed E-state index contributed by atoms with van der Waals surface area (Å²) < 4.78 is 171. The van der Waals surface area contributed by atoms with Crippen molar-refractivity contribution in [1.29, 1.82) is 0 Å². The lowest BCUT2D eigenvalue weighted by atomic mass is 9.93. The Bertz CT molecular complexity index is 526. The number of alkyl halides is 13. The molecule has 0 radical (unpaired) electrons. The molecule has 1 nitrogen and oxygen atoms in total. The van der Waals surface area contributed by atoms with Gasteiger partial charge >= 0.3 is 35.8 Å². The van der Waals surface area contributed by atoms with Gasteiger partial charge in [-0.05, 0) is 13.0 Å². The van der Waals surface area contributed by atoms with Crippen LogP contribution in [0.15, 0.2) is 12.2 Å². The Kier molecular flexibility index (Phi) is 7.51. The molecule has 0 bridgehead atoms. The van der Waals surface area contributed by atoms with Gasteiger partial charge in [0.15, 0.2) is 9.76 Å². The van der Waals surface area contributed by atoms with Gasteiger partial charge in [0, 0.05) is 6.42 Å². The largest absolute Gasteiger partial charge is 0.460 e. The zero-order chi connectivity index (χ0) is 22.1. The SMILES string of the molecule is C=C(C)CO[SiH2]CCC(F)(F)C(F)(F)C(F)(F)C(F)(F)C(F)(F)C(F)(F)F. The van der Waals surface area contributed by atoms with Crippen molar-refractivity contribution in [2.24, 2.45) is 0 Å². The topological polar surface area (TPSA) is 9.23 Å². The summed E-state index contributed by atoms with van der Waals surface area (Å²) in [6.45, 7) is 4.58. The van der Waals surface area contributed by atoms with E-state index in [0.29, 0.717) is 5.57 Å². The molecule has 0 aromatic heterocycles. The zero-order valence-electron chi connectivity index (χ0n) is 13.4. The summed E-state index contributed by atoms with van der Waals surface area (Å²) in [5.74, 6) is -36.5. The average Bonchev–Trinajstić information content (AvgIpc) is 2.44. The molecule has 0 aliphatic rings. The minimum Gasteiger partial charge on any atom is -0.420 e. The Labute approximate surface area is 146 Å². The maximum Gasteiger partial charge on any atom is 0.460 e. The van der Waals surface area contributed by atoms with Crippen molar-refractivity contribution >= 4 is 9.76 Å². The van der Waals surface area contributed by atoms with Crippen molar-refractivity contribution in [2.45, 2.75) is 55.2 Å². The molecule has 0 aromatic carbocycles. The second kappa shape index (κ2) is 7.79. The van der Waals surface area contributed by atoms with E-state index < -0.39 is 58.0 Å². The molecule has 0 saturated heterocycles. The van der Waals surface area contributed by atoms with Gasteiger partial charge < -0.3 is 4.43 Å². The lowest BCUT2D eigenvalue weighted by molar-refractivity contribution is -0.439. The van der Waals surface area contributed by atoms with Gasteiger partial charge in [0.1, 0.15) is 0 Å². The summed E-state index contributed by atoms with van der Waals surface area (Å²) in [5.41, 5.74) is 0.389. The highest BCUT2D eigenvalue weighted by atomic mass is 28.2. The molecule has 0 unspecified atom stereocenters. The third-order valence-corrected chi connectivity index (χ3v) is 4.26. The molecule has 0 rings (SSSR count). The van der Waals surface area contributed by atoms with Crippen LogP contribution in [0.2, 0.25) is 6.04 Å². The van der Waals surface area contributed by atoms with Gasteiger partial charge in [-0.3, -0.25) is 0 Å². The maximum absolute atomic E-state index is 13.4. The molecule has 0 spiro atoms. The van der Waals surface area contributed by atoms with Crippen molar-refractivity contribution in [3.8, 4) is 0 Å². The third-order valence-electron chi connectivity index (χ3n) is 3.13. The van der Waals surface area contributed by atoms with Gasteiger partial charge in [0.05, 0.1) is 6.61 Å². The van der Waals surface area contributed by atoms with Crippen LogP contribution >= 0.6 is 0 Å². The second-order valence-electron chi connectivity index (χ2n) is 5.61. The zero-order valence-corrected chi connectivity index (χ0v) is 14.8. The van der Waals surface area contributed by atoms with Gasteiger partial charge in [0.2, 0.25) is 0 Å². The van der Waals surface area contributed by atoms with Crippen LogP contribution in [0.1, 0.15) is 13.3 Å². The van der Waals surface area contributed by atoms with E-state index >= 15 is 0 Å². The van der Waals surface area contributed by atoms with Crippen molar-refractivity contribution in [1.82, 2.24) is 0 Å². The van der Waals surface area contributed by atoms with Gasteiger partial charge in [-0.2, -0.15) is 57.1 Å². The fourth-order valence-electron chi connectivity index (χ4n) is 1.60. The fraction of sp³-hybridized carbons (Fsp3) is 0.833. The van der Waals surface area contributed by atoms with Crippen LogP contribution in [0.25, 0.3) is 0 Å². The summed E-state index contributed by atoms with van der Waals surface area (Å²) in [5, 5.41) is 0. The number of halogens is 13. The molecule has 0 atom stereocenters. The highest BCUT2D eigenvalue weighted by Crippen LogP contribution is 2.60. The Morgan fingerprint density at radius 3 is 1.52 bits per heavy atom. The second-order valence-corrected chi connectivity index (χ2v) is 7.14. The first-order chi connectivity index (χ1) is 11.7. The van der Waals surface area contributed by atoms with Crippen LogP contribution in [-0.4, -0.2) is 52.2 Å². The van der Waals surface area contributed by atoms with Gasteiger partial charge in [0.25, 0.3) is 0 Å². The molecule has 0 aromatic rings. The van der Waals surface area contributed by atoms with E-state index in [1.807, 2.05) is 0 Å². The lowest BCUT2D eigenvalue weighted by Gasteiger charge is -2.39. The summed E-state index contributed by atoms with van der Waals surface area (Å²) in [4.78, 5) is 0. The molecule has 0 amide bonds. The van der Waals surface area contributed by atoms with Crippen LogP contribution < -0.4 is 0 Å². The van der Waals surface area contributed by atoms with Gasteiger partial charge in [-0.15, -0.1) is 0 Å². The molecule has 0 fully saturated rings. The van der Waals surface area contributed by atoms with Crippen LogP contribution in [0, 0.1) is 0 Å². The van der Waals surface area contributed by atoms with Crippen LogP contribution in [0.3, 0.4) is 0 Å². The van der Waals surface area contributed by atoms with Crippen LogP contribution in [-0.2, 0) is 4.43 Å². The van der Waals surface area contributed by atoms with Gasteiger partial charge in [-0.25, -0.2) is 0 Å². The van der Waals surface area contributed by atoms with E-state index in [0.717, 1.165) is 0 Å². The van der Waals surface area contributed by atoms with Crippen molar-refractivity contribution < 1.29 is 61.5 Å². The normalized spacial score (nSPS) is 15.6. The summed E-state index contributed by atoms with van der Waals surface area (Å²) in [7, 11) is -2.03. The molecule has 0 saturated carbocycles. The lowest BCUT2D eigenvalue weighted by Crippen LogP contribution is -2.70. The molecule has 27 heavy (non-hydrogen) atoms. The Morgan fingerprint density at radius 1 is 0.741 bits per heavy atom. The molecule has 162 valence electrons. The van der Waals surface area contributed by atoms with E-state index in [-0.39, 0.29) is 6.61 Å². The van der Waals surface area contributed by atoms with Crippen molar-refractivity contribution in [3.05, 3.63) is 12.2 Å². The van der Waals surface area contributed by atoms with Crippen LogP contribution in [0.4, 0.5) is 57.1 Å². The predicted octanol–water partition coefficient (Wildman–Crippen LogP) is 5.21. The number of hydrogen-bond acceptors (Lipinski definition) is 1. The molecule has 0 aliphatic carbocycles. The third kappa shape index (κ3) is 4.71. The molecule has 0 N–H and O–H groups in total. The summed E-state index contributed by atoms with van der Waals surface area (Å²) in [6.07, 6.45) is -9.58. The Morgan fingerprint density at radius 2 is 1.15 bits per heavy atom. The van der Waals surface area contributed by atoms with Crippen molar-refractivity contribution in [3.63, 3.8) is 0 Å². The Balaban J connectivity index is 5.58. The van der Waals surface area contributed by atoms with Crippen LogP contribution in [0.5, 0.6) is 0 Å². The quantitative estimate of drug-likeness (QED) is 0.193. The number of rotatable bonds is 10. The van der Waals surface area contributed by atoms with E-state index in [1.54, 1.807) is 0 Å². The molecular formula is C12H13F13OSi. The minimum atomic E-state index is -7.85. The van der Waals surface area contributed by atoms with E-state index in [1.165, 1.54) is 6.92 Å². The summed E-state index contributed by atoms with van der Waals surface area (Å²) >= 11 is 0. The fourth-order valence-corrected chi connectivity index (χ4v) is 2.89. The highest BCUT2D eigenvalue weighted by Gasteiger charge is 2.90. The molecule has 0 aliphatic heterocycles. The van der Waals surface area contributed by atoms with Crippen molar-refractivity contribution in [2.75, 3.05) is 6.61 Å². The first-order valence-corrected chi connectivity index (χ1v) is 8.42. The minimum absolute atomic E-state index is 0.180. The van der Waals surface area contributed by atoms with E-state index in [4.69, 9.17) is 4.43 Å². The molecule has 15 heteroatoms. The standard InChI is InChI=1S/C12H13F13OSi/c1-6(2)5-26-27-4-3-7(13,14)8(15,16)9(17,18)10(19,20)11(21,22)12(23,24)25/h1,3-5,27H2,2H3. The first-order valence-electron chi connectivity index (χ1n) is 6.84. The predicted molar refractivity (Wildman–Crippen MR) is 69.5 cm³/mol. The van der Waals surface area contributed by atoms with E-state index in [2.05, 4.69) is 6.58 Å². The first kappa shape index (κ1) is 26.0. The van der Waals surface area contributed by atoms with E-state index in [9.17, 15) is 57.1 Å². The molecular weight excluding hydrogens is 435 g/mol. The number of hydrogen-bond donors (Lipinski definition) is 0. The monoisotopic (exact) mass is 448 g/mol. The smallest absolute Gasteiger partial charge is 0.420 e. The maximum atomic E-state index is 13.4. The van der Waals surface area contributed by atoms with Gasteiger partial charge in [-0.1, -0.05) is 12.2 Å². The summed E-state index contributed by atoms with van der Waals surface area (Å²) in [6, 6.07) is -0.979. The Hall–Kier alpha value is -0.993.